The molecule has 1 amide bonds. The van der Waals surface area contributed by atoms with Gasteiger partial charge in [0.2, 0.25) is 11.5 Å². The van der Waals surface area contributed by atoms with Crippen LogP contribution in [0.5, 0.6) is 0 Å². The largest absolute Gasteiger partial charge is 0.425 e. The van der Waals surface area contributed by atoms with Crippen LogP contribution in [0, 0.1) is 0 Å². The molecule has 0 bridgehead atoms. The number of rotatable bonds is 5. The fourth-order valence-corrected chi connectivity index (χ4v) is 1.73. The molecular weight excluding hydrogens is 275 g/mol. The molecule has 0 spiro atoms. The Morgan fingerprint density at radius 2 is 2.15 bits per heavy atom. The summed E-state index contributed by atoms with van der Waals surface area (Å²) in [7, 11) is 1.33. The Kier molecular flexibility index (Phi) is 4.80. The first-order chi connectivity index (χ1) is 9.11. The van der Waals surface area contributed by atoms with Crippen molar-refractivity contribution in [2.45, 2.75) is 44.5 Å². The molecule has 2 atom stereocenters. The Hall–Kier alpha value is -1.57. The van der Waals surface area contributed by atoms with E-state index < -0.39 is 29.9 Å². The van der Waals surface area contributed by atoms with Gasteiger partial charge >= 0.3 is 6.18 Å². The van der Waals surface area contributed by atoms with E-state index in [9.17, 15) is 23.1 Å². The highest BCUT2D eigenvalue weighted by molar-refractivity contribution is 5.77. The molecule has 0 saturated carbocycles. The van der Waals surface area contributed by atoms with Crippen molar-refractivity contribution >= 4 is 5.91 Å². The molecule has 8 heteroatoms. The van der Waals surface area contributed by atoms with Crippen LogP contribution in [0.3, 0.4) is 0 Å². The van der Waals surface area contributed by atoms with Crippen molar-refractivity contribution in [3.63, 3.8) is 0 Å². The monoisotopic (exact) mass is 293 g/mol. The molecule has 1 heterocycles. The zero-order chi connectivity index (χ0) is 15.6. The van der Waals surface area contributed by atoms with Crippen molar-refractivity contribution in [1.29, 1.82) is 0 Å². The molecule has 0 radical (unpaired) electrons. The number of carbonyl (C=O) groups excluding carboxylic acids is 1. The second-order valence-corrected chi connectivity index (χ2v) is 4.77. The lowest BCUT2D eigenvalue weighted by molar-refractivity contribution is -0.271. The molecule has 2 N–H and O–H groups in total. The lowest BCUT2D eigenvalue weighted by atomic mass is 9.97. The molecule has 0 aromatic carbocycles. The van der Waals surface area contributed by atoms with Crippen LogP contribution in [0.1, 0.15) is 32.5 Å². The van der Waals surface area contributed by atoms with Gasteiger partial charge in [0.05, 0.1) is 6.42 Å². The minimum Gasteiger partial charge on any atom is -0.374 e. The summed E-state index contributed by atoms with van der Waals surface area (Å²) in [6, 6.07) is -0.263. The lowest BCUT2D eigenvalue weighted by Crippen LogP contribution is -2.48. The highest BCUT2D eigenvalue weighted by Gasteiger charge is 2.58. The van der Waals surface area contributed by atoms with Crippen molar-refractivity contribution in [1.82, 2.24) is 14.9 Å². The average Bonchev–Trinajstić information content (AvgIpc) is 2.73. The molecule has 1 aromatic rings. The Morgan fingerprint density at radius 3 is 2.55 bits per heavy atom. The molecular formula is C12H18F3N3O2. The predicted octanol–water partition coefficient (Wildman–Crippen LogP) is 1.47. The van der Waals surface area contributed by atoms with Gasteiger partial charge in [0.1, 0.15) is 0 Å². The number of amides is 1. The van der Waals surface area contributed by atoms with Crippen molar-refractivity contribution in [3.05, 3.63) is 18.2 Å². The van der Waals surface area contributed by atoms with E-state index in [1.54, 1.807) is 13.8 Å². The van der Waals surface area contributed by atoms with E-state index in [4.69, 9.17) is 0 Å². The number of nitrogens with zero attached hydrogens (tertiary/aromatic N) is 2. The standard InChI is InChI=1S/C12H18F3N3O2/c1-4-8(2)17-9(19)7-11(20,12(13,14)15)10-16-5-6-18(10)3/h5-6,8,20H,4,7H2,1-3H3,(H,17,19)/t8-,11+/m1/s1. The number of nitrogens with one attached hydrogen (secondary N) is 1. The topological polar surface area (TPSA) is 67.2 Å². The van der Waals surface area contributed by atoms with Gasteiger partial charge in [0.15, 0.2) is 5.82 Å². The molecule has 1 aromatic heterocycles. The molecule has 20 heavy (non-hydrogen) atoms. The van der Waals surface area contributed by atoms with Gasteiger partial charge < -0.3 is 15.0 Å². The number of alkyl halides is 3. The highest BCUT2D eigenvalue weighted by Crippen LogP contribution is 2.40. The summed E-state index contributed by atoms with van der Waals surface area (Å²) >= 11 is 0. The van der Waals surface area contributed by atoms with E-state index in [-0.39, 0.29) is 6.04 Å². The summed E-state index contributed by atoms with van der Waals surface area (Å²) in [6.07, 6.45) is -3.12. The Balaban J connectivity index is 3.03. The van der Waals surface area contributed by atoms with Gasteiger partial charge in [-0.2, -0.15) is 13.2 Å². The maximum Gasteiger partial charge on any atom is 0.425 e. The molecule has 1 rings (SSSR count). The minimum atomic E-state index is -5.00. The van der Waals surface area contributed by atoms with Crippen molar-refractivity contribution in [2.24, 2.45) is 7.05 Å². The van der Waals surface area contributed by atoms with Gasteiger partial charge in [-0.25, -0.2) is 4.98 Å². The molecule has 0 unspecified atom stereocenters. The number of hydrogen-bond acceptors (Lipinski definition) is 3. The highest BCUT2D eigenvalue weighted by atomic mass is 19.4. The molecule has 0 aliphatic rings. The number of aryl methyl sites for hydroxylation is 1. The third kappa shape index (κ3) is 3.30. The number of carbonyl (C=O) groups is 1. The fourth-order valence-electron chi connectivity index (χ4n) is 1.73. The van der Waals surface area contributed by atoms with Crippen LogP contribution < -0.4 is 5.32 Å². The zero-order valence-electron chi connectivity index (χ0n) is 11.5. The zero-order valence-corrected chi connectivity index (χ0v) is 11.5. The van der Waals surface area contributed by atoms with E-state index in [1.165, 1.54) is 13.2 Å². The first kappa shape index (κ1) is 16.5. The van der Waals surface area contributed by atoms with Gasteiger partial charge in [-0.15, -0.1) is 0 Å². The van der Waals surface area contributed by atoms with Crippen LogP contribution in [0.25, 0.3) is 0 Å². The molecule has 114 valence electrons. The SMILES string of the molecule is CC[C@@H](C)NC(=O)C[C@](O)(c1nccn1C)C(F)(F)F. The number of hydrogen-bond donors (Lipinski definition) is 2. The van der Waals surface area contributed by atoms with Gasteiger partial charge in [-0.3, -0.25) is 4.79 Å². The minimum absolute atomic E-state index is 0.263. The summed E-state index contributed by atoms with van der Waals surface area (Å²) in [5.41, 5.74) is -3.30. The molecule has 5 nitrogen and oxygen atoms in total. The Labute approximate surface area is 114 Å². The predicted molar refractivity (Wildman–Crippen MR) is 65.7 cm³/mol. The number of halogens is 3. The van der Waals surface area contributed by atoms with Crippen molar-refractivity contribution in [3.8, 4) is 0 Å². The van der Waals surface area contributed by atoms with Crippen LogP contribution in [-0.4, -0.2) is 32.8 Å². The second kappa shape index (κ2) is 5.82. The third-order valence-corrected chi connectivity index (χ3v) is 3.10. The summed E-state index contributed by atoms with van der Waals surface area (Å²) < 4.78 is 40.5. The van der Waals surface area contributed by atoms with E-state index in [2.05, 4.69) is 10.3 Å². The number of aliphatic hydroxyl groups is 1. The molecule has 0 fully saturated rings. The maximum atomic E-state index is 13.1. The first-order valence-corrected chi connectivity index (χ1v) is 6.18. The van der Waals surface area contributed by atoms with Crippen LogP contribution in [0.15, 0.2) is 12.4 Å². The lowest BCUT2D eigenvalue weighted by Gasteiger charge is -2.29. The van der Waals surface area contributed by atoms with E-state index >= 15 is 0 Å². The van der Waals surface area contributed by atoms with E-state index in [0.29, 0.717) is 6.42 Å². The first-order valence-electron chi connectivity index (χ1n) is 6.18. The van der Waals surface area contributed by atoms with Gasteiger partial charge in [0, 0.05) is 25.5 Å². The molecule has 0 aliphatic carbocycles. The second-order valence-electron chi connectivity index (χ2n) is 4.77. The quantitative estimate of drug-likeness (QED) is 0.864. The average molecular weight is 293 g/mol. The van der Waals surface area contributed by atoms with Crippen molar-refractivity contribution < 1.29 is 23.1 Å². The Morgan fingerprint density at radius 1 is 1.55 bits per heavy atom. The number of aromatic nitrogens is 2. The van der Waals surface area contributed by atoms with Gasteiger partial charge in [-0.05, 0) is 13.3 Å². The van der Waals surface area contributed by atoms with Crippen LogP contribution in [0.2, 0.25) is 0 Å². The van der Waals surface area contributed by atoms with Gasteiger partial charge in [-0.1, -0.05) is 6.92 Å². The van der Waals surface area contributed by atoms with Gasteiger partial charge in [0.25, 0.3) is 0 Å². The summed E-state index contributed by atoms with van der Waals surface area (Å²) in [5.74, 6) is -1.48. The third-order valence-electron chi connectivity index (χ3n) is 3.10. The summed E-state index contributed by atoms with van der Waals surface area (Å²) in [5, 5.41) is 12.4. The Bertz CT molecular complexity index is 473. The molecule has 0 saturated heterocycles. The maximum absolute atomic E-state index is 13.1. The van der Waals surface area contributed by atoms with Crippen molar-refractivity contribution in [2.75, 3.05) is 0 Å². The molecule has 0 aliphatic heterocycles. The summed E-state index contributed by atoms with van der Waals surface area (Å²) in [6.45, 7) is 3.46. The van der Waals surface area contributed by atoms with E-state index in [1.807, 2.05) is 0 Å². The normalized spacial score (nSPS) is 16.6. The van der Waals surface area contributed by atoms with Crippen LogP contribution >= 0.6 is 0 Å². The van der Waals surface area contributed by atoms with Crippen LogP contribution in [-0.2, 0) is 17.4 Å². The number of imidazole rings is 1. The smallest absolute Gasteiger partial charge is 0.374 e. The summed E-state index contributed by atoms with van der Waals surface area (Å²) in [4.78, 5) is 15.2. The fraction of sp³-hybridized carbons (Fsp3) is 0.667. The van der Waals surface area contributed by atoms with E-state index in [0.717, 1.165) is 10.8 Å². The van der Waals surface area contributed by atoms with Crippen LogP contribution in [0.4, 0.5) is 13.2 Å².